The van der Waals surface area contributed by atoms with E-state index in [0.717, 1.165) is 30.7 Å². The minimum absolute atomic E-state index is 0.159. The Morgan fingerprint density at radius 2 is 2.05 bits per heavy atom. The van der Waals surface area contributed by atoms with Crippen LogP contribution in [0.5, 0.6) is 0 Å². The maximum absolute atomic E-state index is 12.4. The molecule has 2 aliphatic heterocycles. The predicted octanol–water partition coefficient (Wildman–Crippen LogP) is 2.88. The number of nitrogens with one attached hydrogen (secondary N) is 1. The fraction of sp³-hybridized carbons (Fsp3) is 0.786. The topological polar surface area (TPSA) is 67.3 Å². The summed E-state index contributed by atoms with van der Waals surface area (Å²) in [5.74, 6) is 0. The molecule has 0 saturated carbocycles. The van der Waals surface area contributed by atoms with Crippen LogP contribution in [0.25, 0.3) is 0 Å². The van der Waals surface area contributed by atoms with Gasteiger partial charge in [-0.1, -0.05) is 4.49 Å². The SMILES string of the molecule is CC(C)(C)OC(=O)N1C2CCC1CC(Nc1cnns1)C2. The van der Waals surface area contributed by atoms with Crippen LogP contribution in [-0.4, -0.2) is 44.3 Å². The Bertz CT molecular complexity index is 486. The Morgan fingerprint density at radius 3 is 2.57 bits per heavy atom. The average molecular weight is 310 g/mol. The summed E-state index contributed by atoms with van der Waals surface area (Å²) in [7, 11) is 0. The molecule has 2 saturated heterocycles. The first-order valence-corrected chi connectivity index (χ1v) is 8.25. The van der Waals surface area contributed by atoms with Crippen molar-refractivity contribution < 1.29 is 9.53 Å². The first-order chi connectivity index (χ1) is 9.92. The number of anilines is 1. The molecule has 3 rings (SSSR count). The van der Waals surface area contributed by atoms with Gasteiger partial charge in [0.05, 0.1) is 6.20 Å². The largest absolute Gasteiger partial charge is 0.444 e. The van der Waals surface area contributed by atoms with E-state index in [1.165, 1.54) is 11.5 Å². The van der Waals surface area contributed by atoms with Crippen LogP contribution in [0.1, 0.15) is 46.5 Å². The molecule has 0 spiro atoms. The van der Waals surface area contributed by atoms with Gasteiger partial charge in [0.15, 0.2) is 0 Å². The van der Waals surface area contributed by atoms with E-state index in [9.17, 15) is 4.79 Å². The van der Waals surface area contributed by atoms with Gasteiger partial charge < -0.3 is 15.0 Å². The fourth-order valence-electron chi connectivity index (χ4n) is 3.34. The quantitative estimate of drug-likeness (QED) is 0.909. The molecule has 2 bridgehead atoms. The van der Waals surface area contributed by atoms with Crippen molar-refractivity contribution in [1.29, 1.82) is 0 Å². The second kappa shape index (κ2) is 5.44. The van der Waals surface area contributed by atoms with Crippen LogP contribution in [0.4, 0.5) is 9.80 Å². The van der Waals surface area contributed by atoms with Crippen LogP contribution in [-0.2, 0) is 4.74 Å². The van der Waals surface area contributed by atoms with Gasteiger partial charge in [0.2, 0.25) is 0 Å². The van der Waals surface area contributed by atoms with Crippen LogP contribution >= 0.6 is 11.5 Å². The Labute approximate surface area is 129 Å². The first kappa shape index (κ1) is 14.6. The van der Waals surface area contributed by atoms with Crippen molar-refractivity contribution in [3.05, 3.63) is 6.20 Å². The summed E-state index contributed by atoms with van der Waals surface area (Å²) >= 11 is 1.38. The minimum Gasteiger partial charge on any atom is -0.444 e. The molecule has 0 radical (unpaired) electrons. The normalized spacial score (nSPS) is 28.5. The lowest BCUT2D eigenvalue weighted by Crippen LogP contribution is -2.51. The van der Waals surface area contributed by atoms with Crippen molar-refractivity contribution in [1.82, 2.24) is 14.5 Å². The van der Waals surface area contributed by atoms with Crippen molar-refractivity contribution in [3.8, 4) is 0 Å². The maximum atomic E-state index is 12.4. The van der Waals surface area contributed by atoms with E-state index in [4.69, 9.17) is 4.74 Å². The number of carbonyl (C=O) groups is 1. The van der Waals surface area contributed by atoms with E-state index < -0.39 is 5.60 Å². The minimum atomic E-state index is -0.431. The molecule has 7 heteroatoms. The van der Waals surface area contributed by atoms with Crippen molar-refractivity contribution in [3.63, 3.8) is 0 Å². The van der Waals surface area contributed by atoms with E-state index in [0.29, 0.717) is 6.04 Å². The monoisotopic (exact) mass is 310 g/mol. The van der Waals surface area contributed by atoms with E-state index in [1.807, 2.05) is 25.7 Å². The number of amides is 1. The van der Waals surface area contributed by atoms with Gasteiger partial charge in [-0.05, 0) is 46.5 Å². The molecular weight excluding hydrogens is 288 g/mol. The van der Waals surface area contributed by atoms with Gasteiger partial charge in [0.1, 0.15) is 10.6 Å². The average Bonchev–Trinajstić information content (AvgIpc) is 2.94. The summed E-state index contributed by atoms with van der Waals surface area (Å²) in [5.41, 5.74) is -0.431. The Morgan fingerprint density at radius 1 is 1.38 bits per heavy atom. The number of fused-ring (bicyclic) bond motifs is 2. The highest BCUT2D eigenvalue weighted by Gasteiger charge is 2.44. The molecule has 2 aliphatic rings. The molecule has 1 N–H and O–H groups in total. The highest BCUT2D eigenvalue weighted by atomic mass is 32.1. The second-order valence-electron chi connectivity index (χ2n) is 6.87. The standard InChI is InChI=1S/C14H22N4O2S/c1-14(2,3)20-13(19)18-10-4-5-11(18)7-9(6-10)16-12-8-15-17-21-12/h8-11,16H,4-7H2,1-3H3. The van der Waals surface area contributed by atoms with Crippen LogP contribution < -0.4 is 5.32 Å². The van der Waals surface area contributed by atoms with E-state index in [1.54, 1.807) is 6.20 Å². The lowest BCUT2D eigenvalue weighted by Gasteiger charge is -2.39. The fourth-order valence-corrected chi connectivity index (χ4v) is 3.84. The molecule has 1 aromatic heterocycles. The Balaban J connectivity index is 1.63. The molecule has 0 aromatic carbocycles. The highest BCUT2D eigenvalue weighted by molar-refractivity contribution is 7.09. The molecule has 116 valence electrons. The predicted molar refractivity (Wildman–Crippen MR) is 81.4 cm³/mol. The summed E-state index contributed by atoms with van der Waals surface area (Å²) in [6, 6.07) is 0.970. The van der Waals surface area contributed by atoms with Gasteiger partial charge in [-0.15, -0.1) is 5.10 Å². The maximum Gasteiger partial charge on any atom is 0.410 e. The summed E-state index contributed by atoms with van der Waals surface area (Å²) in [6.45, 7) is 5.74. The lowest BCUT2D eigenvalue weighted by molar-refractivity contribution is 0.00684. The third-order valence-corrected chi connectivity index (χ3v) is 4.64. The number of carbonyl (C=O) groups excluding carboxylic acids is 1. The van der Waals surface area contributed by atoms with Gasteiger partial charge in [0, 0.05) is 29.7 Å². The Hall–Kier alpha value is -1.37. The zero-order chi connectivity index (χ0) is 15.0. The smallest absolute Gasteiger partial charge is 0.410 e. The third kappa shape index (κ3) is 3.28. The Kier molecular flexibility index (Phi) is 3.77. The lowest BCUT2D eigenvalue weighted by atomic mass is 9.98. The second-order valence-corrected chi connectivity index (χ2v) is 7.65. The third-order valence-electron chi connectivity index (χ3n) is 4.05. The van der Waals surface area contributed by atoms with Crippen LogP contribution in [0.3, 0.4) is 0 Å². The van der Waals surface area contributed by atoms with Crippen LogP contribution in [0.2, 0.25) is 0 Å². The number of aromatic nitrogens is 2. The van der Waals surface area contributed by atoms with Crippen molar-refractivity contribution >= 4 is 22.6 Å². The van der Waals surface area contributed by atoms with E-state index in [2.05, 4.69) is 14.9 Å². The van der Waals surface area contributed by atoms with Gasteiger partial charge >= 0.3 is 6.09 Å². The molecule has 6 nitrogen and oxygen atoms in total. The molecule has 0 aliphatic carbocycles. The molecule has 3 heterocycles. The van der Waals surface area contributed by atoms with Crippen molar-refractivity contribution in [2.24, 2.45) is 0 Å². The van der Waals surface area contributed by atoms with Gasteiger partial charge in [0.25, 0.3) is 0 Å². The molecule has 21 heavy (non-hydrogen) atoms. The number of piperidine rings is 1. The highest BCUT2D eigenvalue weighted by Crippen LogP contribution is 2.37. The van der Waals surface area contributed by atoms with Crippen LogP contribution in [0.15, 0.2) is 6.20 Å². The number of hydrogen-bond acceptors (Lipinski definition) is 6. The molecule has 1 aromatic rings. The zero-order valence-electron chi connectivity index (χ0n) is 12.7. The van der Waals surface area contributed by atoms with Gasteiger partial charge in [-0.2, -0.15) is 0 Å². The summed E-state index contributed by atoms with van der Waals surface area (Å²) in [5, 5.41) is 8.34. The van der Waals surface area contributed by atoms with Crippen molar-refractivity contribution in [2.75, 3.05) is 5.32 Å². The molecular formula is C14H22N4O2S. The molecule has 2 atom stereocenters. The zero-order valence-corrected chi connectivity index (χ0v) is 13.5. The first-order valence-electron chi connectivity index (χ1n) is 7.47. The van der Waals surface area contributed by atoms with Crippen LogP contribution in [0, 0.1) is 0 Å². The molecule has 2 fully saturated rings. The molecule has 1 amide bonds. The summed E-state index contributed by atoms with van der Waals surface area (Å²) in [4.78, 5) is 14.3. The number of nitrogens with zero attached hydrogens (tertiary/aromatic N) is 3. The van der Waals surface area contributed by atoms with Gasteiger partial charge in [-0.3, -0.25) is 0 Å². The van der Waals surface area contributed by atoms with Crippen molar-refractivity contribution in [2.45, 2.75) is 70.2 Å². The number of rotatable bonds is 2. The summed E-state index contributed by atoms with van der Waals surface area (Å²) in [6.07, 6.45) is 5.67. The molecule has 2 unspecified atom stereocenters. The van der Waals surface area contributed by atoms with E-state index in [-0.39, 0.29) is 18.2 Å². The van der Waals surface area contributed by atoms with Gasteiger partial charge in [-0.25, -0.2) is 4.79 Å². The number of ether oxygens (including phenoxy) is 1. The number of hydrogen-bond donors (Lipinski definition) is 1. The van der Waals surface area contributed by atoms with E-state index >= 15 is 0 Å². The summed E-state index contributed by atoms with van der Waals surface area (Å²) < 4.78 is 9.42.